The number of carbonyl (C=O) groups excluding carboxylic acids is 2. The van der Waals surface area contributed by atoms with Crippen LogP contribution in [0.1, 0.15) is 144 Å². The monoisotopic (exact) mass is 810 g/mol. The molecule has 2 amide bonds. The molecule has 16 nitrogen and oxygen atoms in total. The molecule has 0 aromatic carbocycles. The van der Waals surface area contributed by atoms with Crippen LogP contribution in [0.4, 0.5) is 0 Å². The molecule has 310 valence electrons. The molecular weight excluding hydrogens is 741 g/mol. The van der Waals surface area contributed by atoms with E-state index in [2.05, 4.69) is 56.7 Å². The molecule has 0 aliphatic heterocycles. The summed E-state index contributed by atoms with van der Waals surface area (Å²) in [6.07, 6.45) is 10.2. The van der Waals surface area contributed by atoms with E-state index in [4.69, 9.17) is 18.1 Å². The Morgan fingerprint density at radius 2 is 0.904 bits per heavy atom. The normalized spacial score (nSPS) is 15.5. The Labute approximate surface area is 311 Å². The summed E-state index contributed by atoms with van der Waals surface area (Å²) in [5.41, 5.74) is 0.515. The first-order valence-electron chi connectivity index (χ1n) is 18.5. The van der Waals surface area contributed by atoms with Crippen molar-refractivity contribution in [3.63, 3.8) is 0 Å². The molecule has 0 saturated heterocycles. The number of phosphoric ester groups is 3. The van der Waals surface area contributed by atoms with Crippen LogP contribution >= 0.6 is 23.5 Å². The summed E-state index contributed by atoms with van der Waals surface area (Å²) >= 11 is 0. The molecule has 2 atom stereocenters. The summed E-state index contributed by atoms with van der Waals surface area (Å²) in [6.45, 7) is 12.0. The third-order valence-corrected chi connectivity index (χ3v) is 10.1. The molecule has 0 saturated carbocycles. The zero-order chi connectivity index (χ0) is 39.7. The van der Waals surface area contributed by atoms with Gasteiger partial charge in [0.25, 0.3) is 0 Å². The lowest BCUT2D eigenvalue weighted by atomic mass is 9.89. The van der Waals surface area contributed by atoms with E-state index in [0.717, 1.165) is 64.2 Å². The minimum absolute atomic E-state index is 0.0232. The van der Waals surface area contributed by atoms with Gasteiger partial charge in [0.1, 0.15) is 6.10 Å². The van der Waals surface area contributed by atoms with Gasteiger partial charge in [0.15, 0.2) is 0 Å². The number of hydrogen-bond acceptors (Lipinski definition) is 10. The summed E-state index contributed by atoms with van der Waals surface area (Å²) in [5, 5.41) is 5.77. The van der Waals surface area contributed by atoms with Crippen LogP contribution in [0.15, 0.2) is 0 Å². The predicted octanol–water partition coefficient (Wildman–Crippen LogP) is 7.30. The van der Waals surface area contributed by atoms with Crippen molar-refractivity contribution in [3.05, 3.63) is 0 Å². The summed E-state index contributed by atoms with van der Waals surface area (Å²) in [4.78, 5) is 62.2. The summed E-state index contributed by atoms with van der Waals surface area (Å²) in [7, 11) is -14.5. The smallest absolute Gasteiger partial charge is 0.356 e. The third kappa shape index (κ3) is 36.3. The van der Waals surface area contributed by atoms with E-state index < -0.39 is 42.8 Å². The second-order valence-electron chi connectivity index (χ2n) is 15.5. The average molecular weight is 811 g/mol. The van der Waals surface area contributed by atoms with Gasteiger partial charge in [-0.3, -0.25) is 32.2 Å². The molecule has 6 N–H and O–H groups in total. The fourth-order valence-electron chi connectivity index (χ4n) is 4.77. The Balaban J connectivity index is 4.21. The van der Waals surface area contributed by atoms with E-state index in [1.54, 1.807) is 0 Å². The highest BCUT2D eigenvalue weighted by Gasteiger charge is 2.31. The first kappa shape index (κ1) is 51.3. The van der Waals surface area contributed by atoms with E-state index in [1.807, 2.05) is 0 Å². The SMILES string of the molecule is CC(C)(C)CCCCC(=O)NCCCCCCOP(=O)(O)OCC(COP(=O)(O)OCCCCCCNC(=O)CCCCC(C)(C)C)OP(=O)(O)O. The Hall–Kier alpha value is -0.730. The molecule has 0 aromatic heterocycles. The van der Waals surface area contributed by atoms with Crippen molar-refractivity contribution in [2.24, 2.45) is 10.8 Å². The number of unbranched alkanes of at least 4 members (excludes halogenated alkanes) is 8. The van der Waals surface area contributed by atoms with Gasteiger partial charge >= 0.3 is 23.5 Å². The van der Waals surface area contributed by atoms with Gasteiger partial charge in [-0.05, 0) is 62.2 Å². The zero-order valence-electron chi connectivity index (χ0n) is 32.3. The number of amides is 2. The second-order valence-corrected chi connectivity index (χ2v) is 19.6. The van der Waals surface area contributed by atoms with Gasteiger partial charge < -0.3 is 30.2 Å². The standard InChI is InChI=1S/C33H69N2O14P3/c1-32(2,3)21-13-11-19-30(36)34-23-15-7-9-17-25-45-51(41,42)47-27-29(49-50(38,39)40)28-48-52(43,44)46-26-18-10-8-16-24-35-31(37)20-12-14-22-33(4,5)6/h29H,7-28H2,1-6H3,(H,34,36)(H,35,37)(H,41,42)(H,43,44)(H2,38,39,40). The van der Waals surface area contributed by atoms with E-state index >= 15 is 0 Å². The van der Waals surface area contributed by atoms with Gasteiger partial charge in [-0.1, -0.05) is 80.1 Å². The quantitative estimate of drug-likeness (QED) is 0.0289. The first-order chi connectivity index (χ1) is 24.0. The highest BCUT2D eigenvalue weighted by atomic mass is 31.2. The van der Waals surface area contributed by atoms with Crippen molar-refractivity contribution < 1.29 is 65.5 Å². The topological polar surface area (TPSA) is 236 Å². The molecule has 0 aliphatic rings. The molecule has 0 fully saturated rings. The molecular formula is C33H69N2O14P3. The van der Waals surface area contributed by atoms with Gasteiger partial charge in [-0.2, -0.15) is 0 Å². The number of rotatable bonds is 32. The summed E-state index contributed by atoms with van der Waals surface area (Å²) in [6, 6.07) is 0. The maximum atomic E-state index is 12.3. The summed E-state index contributed by atoms with van der Waals surface area (Å²) in [5.74, 6) is 0.0464. The molecule has 0 spiro atoms. The summed E-state index contributed by atoms with van der Waals surface area (Å²) < 4.78 is 59.8. The van der Waals surface area contributed by atoms with Crippen LogP contribution in [-0.2, 0) is 45.9 Å². The number of phosphoric acid groups is 3. The van der Waals surface area contributed by atoms with Gasteiger partial charge in [0, 0.05) is 25.9 Å². The van der Waals surface area contributed by atoms with Crippen LogP contribution in [0.25, 0.3) is 0 Å². The predicted molar refractivity (Wildman–Crippen MR) is 199 cm³/mol. The largest absolute Gasteiger partial charge is 0.472 e. The Morgan fingerprint density at radius 3 is 1.25 bits per heavy atom. The minimum atomic E-state index is -5.14. The zero-order valence-corrected chi connectivity index (χ0v) is 35.0. The van der Waals surface area contributed by atoms with Crippen molar-refractivity contribution in [2.75, 3.05) is 39.5 Å². The van der Waals surface area contributed by atoms with Gasteiger partial charge in [-0.15, -0.1) is 0 Å². The molecule has 0 rings (SSSR count). The first-order valence-corrected chi connectivity index (χ1v) is 23.0. The van der Waals surface area contributed by atoms with Crippen LogP contribution in [0.3, 0.4) is 0 Å². The van der Waals surface area contributed by atoms with Crippen LogP contribution in [0, 0.1) is 10.8 Å². The number of carbonyl (C=O) groups is 2. The van der Waals surface area contributed by atoms with Gasteiger partial charge in [0.2, 0.25) is 11.8 Å². The highest BCUT2D eigenvalue weighted by molar-refractivity contribution is 7.47. The third-order valence-electron chi connectivity index (χ3n) is 7.59. The number of hydrogen-bond donors (Lipinski definition) is 6. The molecule has 0 heterocycles. The average Bonchev–Trinajstić information content (AvgIpc) is 3.00. The fourth-order valence-corrected chi connectivity index (χ4v) is 6.86. The van der Waals surface area contributed by atoms with Crippen LogP contribution < -0.4 is 10.6 Å². The Bertz CT molecular complexity index is 1050. The molecule has 0 bridgehead atoms. The minimum Gasteiger partial charge on any atom is -0.356 e. The van der Waals surface area contributed by atoms with Gasteiger partial charge in [-0.25, -0.2) is 13.7 Å². The molecule has 0 radical (unpaired) electrons. The Kier molecular flexibility index (Phi) is 26.6. The molecule has 52 heavy (non-hydrogen) atoms. The lowest BCUT2D eigenvalue weighted by molar-refractivity contribution is -0.122. The van der Waals surface area contributed by atoms with Crippen molar-refractivity contribution in [1.29, 1.82) is 0 Å². The fraction of sp³-hybridized carbons (Fsp3) is 0.939. The molecule has 0 aromatic rings. The molecule has 19 heteroatoms. The maximum Gasteiger partial charge on any atom is 0.472 e. The second kappa shape index (κ2) is 27.0. The lowest BCUT2D eigenvalue weighted by Crippen LogP contribution is -2.24. The van der Waals surface area contributed by atoms with Crippen molar-refractivity contribution >= 4 is 35.3 Å². The van der Waals surface area contributed by atoms with Crippen molar-refractivity contribution in [2.45, 2.75) is 150 Å². The van der Waals surface area contributed by atoms with E-state index in [-0.39, 0.29) is 35.9 Å². The molecule has 0 aliphatic carbocycles. The van der Waals surface area contributed by atoms with E-state index in [9.17, 15) is 42.9 Å². The molecule has 2 unspecified atom stereocenters. The number of nitrogens with one attached hydrogen (secondary N) is 2. The van der Waals surface area contributed by atoms with E-state index in [0.29, 0.717) is 51.6 Å². The lowest BCUT2D eigenvalue weighted by Gasteiger charge is -2.21. The highest BCUT2D eigenvalue weighted by Crippen LogP contribution is 2.47. The maximum absolute atomic E-state index is 12.3. The van der Waals surface area contributed by atoms with Crippen molar-refractivity contribution in [3.8, 4) is 0 Å². The van der Waals surface area contributed by atoms with Gasteiger partial charge in [0.05, 0.1) is 26.4 Å². The van der Waals surface area contributed by atoms with Crippen LogP contribution in [0.5, 0.6) is 0 Å². The Morgan fingerprint density at radius 1 is 0.538 bits per heavy atom. The van der Waals surface area contributed by atoms with Crippen molar-refractivity contribution in [1.82, 2.24) is 10.6 Å². The van der Waals surface area contributed by atoms with Crippen LogP contribution in [0.2, 0.25) is 0 Å². The van der Waals surface area contributed by atoms with E-state index in [1.165, 1.54) is 0 Å². The van der Waals surface area contributed by atoms with Crippen LogP contribution in [-0.4, -0.2) is 77.0 Å².